The molecular formula is C12H11BrN2O2. The third kappa shape index (κ3) is 2.81. The first kappa shape index (κ1) is 12.0. The Morgan fingerprint density at radius 2 is 2.24 bits per heavy atom. The highest BCUT2D eigenvalue weighted by molar-refractivity contribution is 9.10. The van der Waals surface area contributed by atoms with E-state index in [1.807, 2.05) is 25.1 Å². The van der Waals surface area contributed by atoms with Crippen LogP contribution in [0.4, 0.5) is 0 Å². The second-order valence-corrected chi connectivity index (χ2v) is 4.44. The molecule has 17 heavy (non-hydrogen) atoms. The van der Waals surface area contributed by atoms with E-state index in [0.717, 1.165) is 10.0 Å². The number of nitrogens with zero attached hydrogens (tertiary/aromatic N) is 2. The molecule has 0 spiro atoms. The van der Waals surface area contributed by atoms with Crippen LogP contribution in [-0.4, -0.2) is 15.1 Å². The van der Waals surface area contributed by atoms with Crippen molar-refractivity contribution >= 4 is 15.9 Å². The summed E-state index contributed by atoms with van der Waals surface area (Å²) in [5, 5.41) is 9.15. The van der Waals surface area contributed by atoms with Gasteiger partial charge in [0.2, 0.25) is 5.88 Å². The summed E-state index contributed by atoms with van der Waals surface area (Å²) in [6.07, 6.45) is 2.93. The fraction of sp³-hybridized carbons (Fsp3) is 0.167. The molecule has 5 heteroatoms. The van der Waals surface area contributed by atoms with Gasteiger partial charge in [-0.25, -0.2) is 9.97 Å². The summed E-state index contributed by atoms with van der Waals surface area (Å²) in [6.45, 7) is 1.80. The molecule has 1 aromatic heterocycles. The lowest BCUT2D eigenvalue weighted by Gasteiger charge is -2.10. The number of hydrogen-bond donors (Lipinski definition) is 1. The molecular weight excluding hydrogens is 284 g/mol. The Bertz CT molecular complexity index is 532. The van der Waals surface area contributed by atoms with Crippen LogP contribution in [0.1, 0.15) is 11.1 Å². The minimum atomic E-state index is -0.150. The van der Waals surface area contributed by atoms with Crippen molar-refractivity contribution in [3.8, 4) is 11.6 Å². The van der Waals surface area contributed by atoms with E-state index in [4.69, 9.17) is 9.84 Å². The maximum absolute atomic E-state index is 9.15. The van der Waals surface area contributed by atoms with Crippen LogP contribution in [0.25, 0.3) is 0 Å². The molecule has 0 aliphatic heterocycles. The van der Waals surface area contributed by atoms with Crippen LogP contribution in [0.15, 0.2) is 35.2 Å². The first-order chi connectivity index (χ1) is 8.20. The van der Waals surface area contributed by atoms with E-state index >= 15 is 0 Å². The van der Waals surface area contributed by atoms with E-state index in [-0.39, 0.29) is 6.61 Å². The molecule has 0 bridgehead atoms. The molecule has 1 aromatic carbocycles. The second kappa shape index (κ2) is 5.25. The first-order valence-electron chi connectivity index (χ1n) is 5.04. The van der Waals surface area contributed by atoms with E-state index in [0.29, 0.717) is 17.2 Å². The average molecular weight is 295 g/mol. The van der Waals surface area contributed by atoms with Gasteiger partial charge in [-0.15, -0.1) is 0 Å². The summed E-state index contributed by atoms with van der Waals surface area (Å²) in [6, 6.07) is 5.74. The number of aliphatic hydroxyl groups is 1. The van der Waals surface area contributed by atoms with Crippen molar-refractivity contribution < 1.29 is 9.84 Å². The summed E-state index contributed by atoms with van der Waals surface area (Å²) in [7, 11) is 0. The van der Waals surface area contributed by atoms with Crippen LogP contribution >= 0.6 is 15.9 Å². The van der Waals surface area contributed by atoms with Crippen LogP contribution in [0.3, 0.4) is 0 Å². The Balaban J connectivity index is 2.34. The Hall–Kier alpha value is -1.46. The number of hydrogen-bond acceptors (Lipinski definition) is 4. The maximum atomic E-state index is 9.15. The molecule has 0 aliphatic rings. The summed E-state index contributed by atoms with van der Waals surface area (Å²) in [4.78, 5) is 7.84. The molecule has 2 rings (SSSR count). The van der Waals surface area contributed by atoms with Gasteiger partial charge in [0, 0.05) is 10.7 Å². The van der Waals surface area contributed by atoms with E-state index in [1.165, 1.54) is 12.5 Å². The molecule has 4 nitrogen and oxygen atoms in total. The number of aromatic nitrogens is 2. The van der Waals surface area contributed by atoms with Gasteiger partial charge in [0.25, 0.3) is 0 Å². The average Bonchev–Trinajstić information content (AvgIpc) is 2.34. The minimum Gasteiger partial charge on any atom is -0.438 e. The van der Waals surface area contributed by atoms with Gasteiger partial charge in [0.1, 0.15) is 12.1 Å². The largest absolute Gasteiger partial charge is 0.438 e. The van der Waals surface area contributed by atoms with Crippen molar-refractivity contribution in [2.45, 2.75) is 13.5 Å². The number of benzene rings is 1. The summed E-state index contributed by atoms with van der Waals surface area (Å²) in [5.74, 6) is 1.08. The van der Waals surface area contributed by atoms with Crippen molar-refractivity contribution in [2.75, 3.05) is 0 Å². The number of halogens is 1. The lowest BCUT2D eigenvalue weighted by Crippen LogP contribution is -1.96. The zero-order valence-corrected chi connectivity index (χ0v) is 10.8. The third-order valence-corrected chi connectivity index (χ3v) is 2.77. The predicted octanol–water partition coefficient (Wildman–Crippen LogP) is 2.83. The van der Waals surface area contributed by atoms with E-state index in [9.17, 15) is 0 Å². The standard InChI is InChI=1S/C12H11BrN2O2/c1-8-2-3-10(13)4-11(8)17-12-9(6-16)5-14-7-15-12/h2-5,7,16H,6H2,1H3. The zero-order valence-electron chi connectivity index (χ0n) is 9.22. The molecule has 2 aromatic rings. The van der Waals surface area contributed by atoms with Crippen molar-refractivity contribution in [3.63, 3.8) is 0 Å². The van der Waals surface area contributed by atoms with Gasteiger partial charge in [0.15, 0.2) is 0 Å². The Labute approximate surface area is 107 Å². The highest BCUT2D eigenvalue weighted by Crippen LogP contribution is 2.28. The van der Waals surface area contributed by atoms with Gasteiger partial charge >= 0.3 is 0 Å². The number of ether oxygens (including phenoxy) is 1. The normalized spacial score (nSPS) is 10.3. The van der Waals surface area contributed by atoms with Crippen LogP contribution in [0, 0.1) is 6.92 Å². The second-order valence-electron chi connectivity index (χ2n) is 3.52. The van der Waals surface area contributed by atoms with Gasteiger partial charge in [-0.3, -0.25) is 0 Å². The zero-order chi connectivity index (χ0) is 12.3. The smallest absolute Gasteiger partial charge is 0.227 e. The molecule has 0 atom stereocenters. The molecule has 0 radical (unpaired) electrons. The molecule has 0 fully saturated rings. The first-order valence-corrected chi connectivity index (χ1v) is 5.83. The fourth-order valence-corrected chi connectivity index (χ4v) is 1.68. The summed E-state index contributed by atoms with van der Waals surface area (Å²) < 4.78 is 6.60. The highest BCUT2D eigenvalue weighted by atomic mass is 79.9. The van der Waals surface area contributed by atoms with Crippen molar-refractivity contribution in [3.05, 3.63) is 46.3 Å². The van der Waals surface area contributed by atoms with Crippen molar-refractivity contribution in [1.82, 2.24) is 9.97 Å². The number of aryl methyl sites for hydroxylation is 1. The fourth-order valence-electron chi connectivity index (χ4n) is 1.34. The lowest BCUT2D eigenvalue weighted by atomic mass is 10.2. The molecule has 0 saturated carbocycles. The van der Waals surface area contributed by atoms with Crippen molar-refractivity contribution in [2.24, 2.45) is 0 Å². The van der Waals surface area contributed by atoms with Gasteiger partial charge in [-0.1, -0.05) is 22.0 Å². The molecule has 1 N–H and O–H groups in total. The SMILES string of the molecule is Cc1ccc(Br)cc1Oc1ncncc1CO. The molecule has 0 saturated heterocycles. The van der Waals surface area contributed by atoms with Gasteiger partial charge in [0.05, 0.1) is 12.2 Å². The highest BCUT2D eigenvalue weighted by Gasteiger charge is 2.08. The lowest BCUT2D eigenvalue weighted by molar-refractivity contribution is 0.274. The molecule has 88 valence electrons. The Morgan fingerprint density at radius 3 is 3.00 bits per heavy atom. The van der Waals surface area contributed by atoms with Crippen LogP contribution in [-0.2, 0) is 6.61 Å². The van der Waals surface area contributed by atoms with Crippen molar-refractivity contribution in [1.29, 1.82) is 0 Å². The van der Waals surface area contributed by atoms with E-state index in [1.54, 1.807) is 0 Å². The van der Waals surface area contributed by atoms with Crippen LogP contribution in [0.5, 0.6) is 11.6 Å². The van der Waals surface area contributed by atoms with Gasteiger partial charge in [-0.2, -0.15) is 0 Å². The van der Waals surface area contributed by atoms with Crippen LogP contribution in [0.2, 0.25) is 0 Å². The van der Waals surface area contributed by atoms with Gasteiger partial charge < -0.3 is 9.84 Å². The quantitative estimate of drug-likeness (QED) is 0.946. The topological polar surface area (TPSA) is 55.2 Å². The summed E-state index contributed by atoms with van der Waals surface area (Å²) >= 11 is 3.38. The predicted molar refractivity (Wildman–Crippen MR) is 66.9 cm³/mol. The Kier molecular flexibility index (Phi) is 3.71. The number of rotatable bonds is 3. The maximum Gasteiger partial charge on any atom is 0.227 e. The van der Waals surface area contributed by atoms with Gasteiger partial charge in [-0.05, 0) is 24.6 Å². The molecule has 0 aliphatic carbocycles. The van der Waals surface area contributed by atoms with Crippen LogP contribution < -0.4 is 4.74 Å². The van der Waals surface area contributed by atoms with E-state index in [2.05, 4.69) is 25.9 Å². The summed E-state index contributed by atoms with van der Waals surface area (Å²) in [5.41, 5.74) is 1.56. The Morgan fingerprint density at radius 1 is 1.41 bits per heavy atom. The molecule has 0 amide bonds. The number of aliphatic hydroxyl groups excluding tert-OH is 1. The monoisotopic (exact) mass is 294 g/mol. The molecule has 0 unspecified atom stereocenters. The third-order valence-electron chi connectivity index (χ3n) is 2.27. The minimum absolute atomic E-state index is 0.150. The molecule has 1 heterocycles. The van der Waals surface area contributed by atoms with E-state index < -0.39 is 0 Å².